The van der Waals surface area contributed by atoms with Crippen LogP contribution in [0.3, 0.4) is 0 Å². The van der Waals surface area contributed by atoms with Gasteiger partial charge in [0.25, 0.3) is 0 Å². The summed E-state index contributed by atoms with van der Waals surface area (Å²) in [4.78, 5) is 4.53. The average molecular weight is 277 g/mol. The maximum absolute atomic E-state index is 6.15. The number of fused-ring (bicyclic) bond motifs is 1. The molecule has 20 heavy (non-hydrogen) atoms. The van der Waals surface area contributed by atoms with Crippen LogP contribution < -0.4 is 5.73 Å². The molecule has 0 unspecified atom stereocenters. The first-order valence-corrected chi connectivity index (χ1v) is 7.29. The Hall–Kier alpha value is -1.56. The Kier molecular flexibility index (Phi) is 3.20. The zero-order valence-electron chi connectivity index (χ0n) is 12.5. The molecule has 0 aromatic carbocycles. The molecule has 2 N–H and O–H groups in total. The minimum absolute atomic E-state index is 0.219. The van der Waals surface area contributed by atoms with E-state index >= 15 is 0 Å². The Morgan fingerprint density at radius 3 is 2.70 bits per heavy atom. The second-order valence-corrected chi connectivity index (χ2v) is 6.08. The van der Waals surface area contributed by atoms with Crippen molar-refractivity contribution >= 4 is 17.1 Å². The summed E-state index contributed by atoms with van der Waals surface area (Å²) in [6, 6.07) is 0. The molecule has 1 saturated heterocycles. The Labute approximate surface area is 118 Å². The molecule has 3 rings (SSSR count). The van der Waals surface area contributed by atoms with E-state index in [1.54, 1.807) is 0 Å². The van der Waals surface area contributed by atoms with Gasteiger partial charge in [-0.1, -0.05) is 13.8 Å². The van der Waals surface area contributed by atoms with Crippen molar-refractivity contribution in [3.05, 3.63) is 5.69 Å². The summed E-state index contributed by atoms with van der Waals surface area (Å²) in [6.07, 6.45) is 2.99. The van der Waals surface area contributed by atoms with E-state index in [1.165, 1.54) is 0 Å². The summed E-state index contributed by atoms with van der Waals surface area (Å²) < 4.78 is 9.49. The topological polar surface area (TPSA) is 70.9 Å². The number of imidazole rings is 1. The lowest BCUT2D eigenvalue weighted by Crippen LogP contribution is -2.31. The number of ether oxygens (including phenoxy) is 1. The quantitative estimate of drug-likeness (QED) is 0.927. The Morgan fingerprint density at radius 1 is 1.35 bits per heavy atom. The number of nitrogen functional groups attached to an aromatic ring is 1. The zero-order chi connectivity index (χ0) is 14.3. The minimum Gasteiger partial charge on any atom is -0.381 e. The first-order valence-electron chi connectivity index (χ1n) is 7.29. The van der Waals surface area contributed by atoms with Crippen LogP contribution in [0.5, 0.6) is 0 Å². The molecule has 0 spiro atoms. The number of nitrogens with zero attached hydrogens (tertiary/aromatic N) is 4. The highest BCUT2D eigenvalue weighted by molar-refractivity contribution is 5.77. The molecule has 6 heteroatoms. The molecule has 0 amide bonds. The predicted octanol–water partition coefficient (Wildman–Crippen LogP) is 1.73. The molecule has 110 valence electrons. The van der Waals surface area contributed by atoms with Gasteiger partial charge in [-0.2, -0.15) is 5.10 Å². The fraction of sp³-hybridized carbons (Fsp3) is 0.714. The lowest BCUT2D eigenvalue weighted by atomic mass is 9.82. The smallest absolute Gasteiger partial charge is 0.202 e. The van der Waals surface area contributed by atoms with Crippen LogP contribution in [-0.2, 0) is 24.8 Å². The van der Waals surface area contributed by atoms with Gasteiger partial charge >= 0.3 is 0 Å². The normalized spacial score (nSPS) is 18.8. The third kappa shape index (κ3) is 2.08. The van der Waals surface area contributed by atoms with Gasteiger partial charge in [0.05, 0.1) is 5.69 Å². The van der Waals surface area contributed by atoms with Crippen LogP contribution in [0.2, 0.25) is 0 Å². The van der Waals surface area contributed by atoms with Crippen molar-refractivity contribution in [2.75, 3.05) is 18.9 Å². The van der Waals surface area contributed by atoms with Crippen molar-refractivity contribution in [2.45, 2.75) is 39.7 Å². The van der Waals surface area contributed by atoms with Crippen molar-refractivity contribution in [1.29, 1.82) is 0 Å². The van der Waals surface area contributed by atoms with Gasteiger partial charge in [0.15, 0.2) is 5.65 Å². The van der Waals surface area contributed by atoms with Gasteiger partial charge in [0.1, 0.15) is 5.52 Å². The fourth-order valence-electron chi connectivity index (χ4n) is 3.06. The molecular formula is C14H23N5O. The molecule has 2 aromatic heterocycles. The van der Waals surface area contributed by atoms with Crippen molar-refractivity contribution < 1.29 is 4.74 Å². The van der Waals surface area contributed by atoms with E-state index in [0.717, 1.165) is 55.9 Å². The maximum atomic E-state index is 6.15. The summed E-state index contributed by atoms with van der Waals surface area (Å²) in [6.45, 7) is 6.94. The van der Waals surface area contributed by atoms with E-state index in [9.17, 15) is 0 Å². The van der Waals surface area contributed by atoms with Gasteiger partial charge in [-0.25, -0.2) is 4.98 Å². The molecule has 0 aliphatic carbocycles. The van der Waals surface area contributed by atoms with E-state index in [2.05, 4.69) is 28.5 Å². The Balaban J connectivity index is 2.02. The second kappa shape index (κ2) is 4.77. The van der Waals surface area contributed by atoms with Crippen molar-refractivity contribution in [3.8, 4) is 0 Å². The van der Waals surface area contributed by atoms with Crippen molar-refractivity contribution in [2.24, 2.45) is 12.5 Å². The molecule has 6 nitrogen and oxygen atoms in total. The highest BCUT2D eigenvalue weighted by atomic mass is 16.5. The van der Waals surface area contributed by atoms with E-state index in [4.69, 9.17) is 10.5 Å². The predicted molar refractivity (Wildman–Crippen MR) is 78.4 cm³/mol. The number of nitrogens with two attached hydrogens (primary N) is 1. The van der Waals surface area contributed by atoms with Crippen LogP contribution in [0, 0.1) is 5.41 Å². The van der Waals surface area contributed by atoms with E-state index in [1.807, 2.05) is 11.7 Å². The monoisotopic (exact) mass is 277 g/mol. The molecule has 3 heterocycles. The second-order valence-electron chi connectivity index (χ2n) is 6.08. The van der Waals surface area contributed by atoms with Crippen molar-refractivity contribution in [1.82, 2.24) is 19.3 Å². The van der Waals surface area contributed by atoms with E-state index in [0.29, 0.717) is 5.95 Å². The number of aromatic nitrogens is 4. The highest BCUT2D eigenvalue weighted by Gasteiger charge is 2.30. The summed E-state index contributed by atoms with van der Waals surface area (Å²) >= 11 is 0. The summed E-state index contributed by atoms with van der Waals surface area (Å²) in [5.41, 5.74) is 9.36. The largest absolute Gasteiger partial charge is 0.381 e. The first kappa shape index (κ1) is 13.4. The van der Waals surface area contributed by atoms with Crippen molar-refractivity contribution in [3.63, 3.8) is 0 Å². The van der Waals surface area contributed by atoms with Gasteiger partial charge in [-0.05, 0) is 24.7 Å². The SMILES string of the molecule is CCc1nn(C)c2c1nc(N)n2CC1(C)CCOCC1. The van der Waals surface area contributed by atoms with Crippen LogP contribution in [0.4, 0.5) is 5.95 Å². The standard InChI is InChI=1S/C14H23N5O/c1-4-10-11-12(18(3)17-10)19(13(15)16-11)9-14(2)5-7-20-8-6-14/h4-9H2,1-3H3,(H2,15,16). The summed E-state index contributed by atoms with van der Waals surface area (Å²) in [5, 5.41) is 4.54. The van der Waals surface area contributed by atoms with Gasteiger partial charge in [-0.3, -0.25) is 9.25 Å². The third-order valence-corrected chi connectivity index (χ3v) is 4.40. The number of hydrogen-bond acceptors (Lipinski definition) is 4. The van der Waals surface area contributed by atoms with Crippen LogP contribution in [-0.4, -0.2) is 32.5 Å². The van der Waals surface area contributed by atoms with Crippen LogP contribution >= 0.6 is 0 Å². The number of aryl methyl sites for hydroxylation is 2. The van der Waals surface area contributed by atoms with Gasteiger partial charge in [0.2, 0.25) is 5.95 Å². The third-order valence-electron chi connectivity index (χ3n) is 4.40. The van der Waals surface area contributed by atoms with E-state index < -0.39 is 0 Å². The molecule has 0 saturated carbocycles. The maximum Gasteiger partial charge on any atom is 0.202 e. The van der Waals surface area contributed by atoms with Gasteiger partial charge in [0, 0.05) is 26.8 Å². The van der Waals surface area contributed by atoms with Crippen LogP contribution in [0.1, 0.15) is 32.4 Å². The Bertz CT molecular complexity index is 621. The minimum atomic E-state index is 0.219. The van der Waals surface area contributed by atoms with Crippen LogP contribution in [0.25, 0.3) is 11.2 Å². The van der Waals surface area contributed by atoms with Gasteiger partial charge < -0.3 is 10.5 Å². The number of hydrogen-bond donors (Lipinski definition) is 1. The lowest BCUT2D eigenvalue weighted by molar-refractivity contribution is 0.0162. The molecular weight excluding hydrogens is 254 g/mol. The fourth-order valence-corrected chi connectivity index (χ4v) is 3.06. The molecule has 1 aliphatic rings. The average Bonchev–Trinajstić information content (AvgIpc) is 2.89. The number of anilines is 1. The molecule has 0 radical (unpaired) electrons. The van der Waals surface area contributed by atoms with E-state index in [-0.39, 0.29) is 5.41 Å². The first-order chi connectivity index (χ1) is 9.54. The molecule has 1 aliphatic heterocycles. The molecule has 0 bridgehead atoms. The zero-order valence-corrected chi connectivity index (χ0v) is 12.5. The van der Waals surface area contributed by atoms with Crippen LogP contribution in [0.15, 0.2) is 0 Å². The molecule has 1 fully saturated rings. The van der Waals surface area contributed by atoms with Gasteiger partial charge in [-0.15, -0.1) is 0 Å². The number of rotatable bonds is 3. The summed E-state index contributed by atoms with van der Waals surface area (Å²) in [5.74, 6) is 0.593. The molecule has 0 atom stereocenters. The lowest BCUT2D eigenvalue weighted by Gasteiger charge is -2.34. The Morgan fingerprint density at radius 2 is 2.05 bits per heavy atom. The molecule has 2 aromatic rings. The highest BCUT2D eigenvalue weighted by Crippen LogP contribution is 2.34. The summed E-state index contributed by atoms with van der Waals surface area (Å²) in [7, 11) is 1.96.